The number of para-hydroxylation sites is 1. The second kappa shape index (κ2) is 4.32. The summed E-state index contributed by atoms with van der Waals surface area (Å²) in [5.41, 5.74) is 3.70. The van der Waals surface area contributed by atoms with Crippen LogP contribution in [0.15, 0.2) is 30.8 Å². The Hall–Kier alpha value is -1.24. The van der Waals surface area contributed by atoms with Gasteiger partial charge in [-0.1, -0.05) is 38.6 Å². The van der Waals surface area contributed by atoms with Crippen LogP contribution in [0.4, 0.5) is 5.69 Å². The van der Waals surface area contributed by atoms with Crippen molar-refractivity contribution in [1.29, 1.82) is 0 Å². The molecule has 1 nitrogen and oxygen atoms in total. The monoisotopic (exact) mass is 189 g/mol. The van der Waals surface area contributed by atoms with Crippen LogP contribution >= 0.6 is 0 Å². The minimum absolute atomic E-state index is 0.496. The molecule has 1 heteroatoms. The summed E-state index contributed by atoms with van der Waals surface area (Å²) < 4.78 is 0. The van der Waals surface area contributed by atoms with Crippen molar-refractivity contribution >= 4 is 11.3 Å². The summed E-state index contributed by atoms with van der Waals surface area (Å²) in [4.78, 5) is 2.13. The molecule has 0 aliphatic heterocycles. The van der Waals surface area contributed by atoms with Crippen LogP contribution in [-0.2, 0) is 0 Å². The van der Waals surface area contributed by atoms with E-state index in [2.05, 4.69) is 63.7 Å². The molecule has 0 N–H and O–H groups in total. The summed E-state index contributed by atoms with van der Waals surface area (Å²) in [5, 5.41) is 0. The highest BCUT2D eigenvalue weighted by Gasteiger charge is 2.09. The molecule has 0 fully saturated rings. The van der Waals surface area contributed by atoms with Crippen LogP contribution in [-0.4, -0.2) is 14.1 Å². The normalized spacial score (nSPS) is 10.4. The zero-order valence-electron chi connectivity index (χ0n) is 9.54. The van der Waals surface area contributed by atoms with Crippen molar-refractivity contribution in [3.05, 3.63) is 36.4 Å². The molecule has 76 valence electrons. The maximum absolute atomic E-state index is 4.14. The van der Waals surface area contributed by atoms with Crippen LogP contribution < -0.4 is 4.90 Å². The molecule has 0 spiro atoms. The summed E-state index contributed by atoms with van der Waals surface area (Å²) in [6.45, 7) is 8.49. The van der Waals surface area contributed by atoms with Crippen molar-refractivity contribution in [3.63, 3.8) is 0 Å². The Morgan fingerprint density at radius 3 is 2.29 bits per heavy atom. The largest absolute Gasteiger partial charge is 0.377 e. The predicted octanol–water partition coefficient (Wildman–Crippen LogP) is 3.42. The van der Waals surface area contributed by atoms with E-state index in [4.69, 9.17) is 0 Å². The van der Waals surface area contributed by atoms with Gasteiger partial charge in [-0.3, -0.25) is 0 Å². The number of hydrogen-bond acceptors (Lipinski definition) is 1. The smallest absolute Gasteiger partial charge is 0.0437 e. The fraction of sp³-hybridized carbons (Fsp3) is 0.385. The lowest BCUT2D eigenvalue weighted by Crippen LogP contribution is -2.11. The van der Waals surface area contributed by atoms with E-state index in [1.807, 2.05) is 0 Å². The van der Waals surface area contributed by atoms with Crippen LogP contribution in [0, 0.1) is 5.92 Å². The van der Waals surface area contributed by atoms with E-state index in [-0.39, 0.29) is 0 Å². The molecule has 0 bridgehead atoms. The number of benzene rings is 1. The number of nitrogens with zero attached hydrogens (tertiary/aromatic N) is 1. The molecule has 0 aromatic heterocycles. The van der Waals surface area contributed by atoms with Crippen LogP contribution in [0.3, 0.4) is 0 Å². The highest BCUT2D eigenvalue weighted by Crippen LogP contribution is 2.29. The first-order valence-electron chi connectivity index (χ1n) is 4.99. The van der Waals surface area contributed by atoms with Gasteiger partial charge in [0, 0.05) is 25.3 Å². The zero-order valence-corrected chi connectivity index (χ0v) is 9.54. The summed E-state index contributed by atoms with van der Waals surface area (Å²) in [6.07, 6.45) is 0. The lowest BCUT2D eigenvalue weighted by molar-refractivity contribution is 0.857. The number of rotatable bonds is 3. The van der Waals surface area contributed by atoms with E-state index >= 15 is 0 Å². The van der Waals surface area contributed by atoms with Crippen LogP contribution in [0.1, 0.15) is 19.4 Å². The molecule has 1 aromatic carbocycles. The van der Waals surface area contributed by atoms with Crippen molar-refractivity contribution in [2.75, 3.05) is 19.0 Å². The molecule has 0 amide bonds. The highest BCUT2D eigenvalue weighted by atomic mass is 15.1. The van der Waals surface area contributed by atoms with E-state index in [0.29, 0.717) is 5.92 Å². The zero-order chi connectivity index (χ0) is 10.7. The lowest BCUT2D eigenvalue weighted by Gasteiger charge is -2.20. The summed E-state index contributed by atoms with van der Waals surface area (Å²) in [7, 11) is 4.12. The van der Waals surface area contributed by atoms with E-state index in [0.717, 1.165) is 0 Å². The van der Waals surface area contributed by atoms with Crippen molar-refractivity contribution in [3.8, 4) is 0 Å². The standard InChI is InChI=1S/C13H19N/c1-10(2)11(3)12-8-6-7-9-13(12)14(4)5/h6-10H,3H2,1-2,4-5H3. The highest BCUT2D eigenvalue weighted by molar-refractivity contribution is 5.76. The quantitative estimate of drug-likeness (QED) is 0.704. The molecular formula is C13H19N. The molecule has 0 heterocycles. The summed E-state index contributed by atoms with van der Waals surface area (Å²) in [5.74, 6) is 0.496. The van der Waals surface area contributed by atoms with Gasteiger partial charge in [0.05, 0.1) is 0 Å². The fourth-order valence-electron chi connectivity index (χ4n) is 1.45. The molecule has 1 aromatic rings. The van der Waals surface area contributed by atoms with Crippen LogP contribution in [0.25, 0.3) is 5.57 Å². The number of anilines is 1. The van der Waals surface area contributed by atoms with Crippen molar-refractivity contribution < 1.29 is 0 Å². The molecule has 1 rings (SSSR count). The van der Waals surface area contributed by atoms with Gasteiger partial charge in [0.25, 0.3) is 0 Å². The minimum Gasteiger partial charge on any atom is -0.377 e. The fourth-order valence-corrected chi connectivity index (χ4v) is 1.45. The Bertz CT molecular complexity index is 324. The Kier molecular flexibility index (Phi) is 3.34. The van der Waals surface area contributed by atoms with Gasteiger partial charge < -0.3 is 4.90 Å². The number of allylic oxidation sites excluding steroid dienone is 1. The third-order valence-corrected chi connectivity index (χ3v) is 2.43. The van der Waals surface area contributed by atoms with Gasteiger partial charge in [-0.2, -0.15) is 0 Å². The first kappa shape index (κ1) is 10.8. The maximum Gasteiger partial charge on any atom is 0.0437 e. The molecule has 0 saturated carbocycles. The second-order valence-electron chi connectivity index (χ2n) is 4.09. The summed E-state index contributed by atoms with van der Waals surface area (Å²) in [6, 6.07) is 8.39. The van der Waals surface area contributed by atoms with E-state index in [1.165, 1.54) is 16.8 Å². The average Bonchev–Trinajstić information content (AvgIpc) is 2.16. The molecule has 0 atom stereocenters. The van der Waals surface area contributed by atoms with Gasteiger partial charge in [0.15, 0.2) is 0 Å². The molecule has 14 heavy (non-hydrogen) atoms. The second-order valence-corrected chi connectivity index (χ2v) is 4.09. The first-order valence-corrected chi connectivity index (χ1v) is 4.99. The topological polar surface area (TPSA) is 3.24 Å². The van der Waals surface area contributed by atoms with Crippen molar-refractivity contribution in [2.45, 2.75) is 13.8 Å². The Labute approximate surface area is 87.1 Å². The molecule has 0 aliphatic carbocycles. The van der Waals surface area contributed by atoms with E-state index < -0.39 is 0 Å². The van der Waals surface area contributed by atoms with Crippen molar-refractivity contribution in [2.24, 2.45) is 5.92 Å². The minimum atomic E-state index is 0.496. The molecule has 0 aliphatic rings. The van der Waals surface area contributed by atoms with Crippen LogP contribution in [0.5, 0.6) is 0 Å². The third-order valence-electron chi connectivity index (χ3n) is 2.43. The SMILES string of the molecule is C=C(c1ccccc1N(C)C)C(C)C. The van der Waals surface area contributed by atoms with Gasteiger partial charge in [-0.05, 0) is 17.6 Å². The first-order chi connectivity index (χ1) is 6.54. The van der Waals surface area contributed by atoms with Gasteiger partial charge in [-0.15, -0.1) is 0 Å². The molecule has 0 unspecified atom stereocenters. The Morgan fingerprint density at radius 2 is 1.79 bits per heavy atom. The molecule has 0 saturated heterocycles. The van der Waals surface area contributed by atoms with Gasteiger partial charge in [-0.25, -0.2) is 0 Å². The maximum atomic E-state index is 4.14. The summed E-state index contributed by atoms with van der Waals surface area (Å²) >= 11 is 0. The Morgan fingerprint density at radius 1 is 1.21 bits per heavy atom. The van der Waals surface area contributed by atoms with Gasteiger partial charge in [0.1, 0.15) is 0 Å². The lowest BCUT2D eigenvalue weighted by atomic mass is 9.95. The Balaban J connectivity index is 3.13. The predicted molar refractivity (Wildman–Crippen MR) is 64.6 cm³/mol. The molecular weight excluding hydrogens is 170 g/mol. The number of hydrogen-bond donors (Lipinski definition) is 0. The molecule has 0 radical (unpaired) electrons. The van der Waals surface area contributed by atoms with Crippen molar-refractivity contribution in [1.82, 2.24) is 0 Å². The van der Waals surface area contributed by atoms with E-state index in [1.54, 1.807) is 0 Å². The van der Waals surface area contributed by atoms with Gasteiger partial charge in [0.2, 0.25) is 0 Å². The van der Waals surface area contributed by atoms with E-state index in [9.17, 15) is 0 Å². The van der Waals surface area contributed by atoms with Gasteiger partial charge >= 0.3 is 0 Å². The van der Waals surface area contributed by atoms with Crippen LogP contribution in [0.2, 0.25) is 0 Å². The average molecular weight is 189 g/mol. The third kappa shape index (κ3) is 2.16.